The van der Waals surface area contributed by atoms with Crippen molar-refractivity contribution in [3.8, 4) is 0 Å². The second-order valence-corrected chi connectivity index (χ2v) is 6.69. The molecule has 0 saturated carbocycles. The van der Waals surface area contributed by atoms with Gasteiger partial charge in [0, 0.05) is 13.1 Å². The highest BCUT2D eigenvalue weighted by Crippen LogP contribution is 2.32. The molecule has 5 nitrogen and oxygen atoms in total. The topological polar surface area (TPSA) is 83.6 Å². The Bertz CT molecular complexity index is 536. The van der Waals surface area contributed by atoms with Crippen LogP contribution in [-0.4, -0.2) is 36.5 Å². The number of nitrogens with two attached hydrogens (primary N) is 1. The van der Waals surface area contributed by atoms with Crippen LogP contribution in [0.5, 0.6) is 0 Å². The van der Waals surface area contributed by atoms with Gasteiger partial charge in [0.2, 0.25) is 10.0 Å². The highest BCUT2D eigenvalue weighted by molar-refractivity contribution is 7.89. The lowest BCUT2D eigenvalue weighted by Crippen LogP contribution is -2.63. The van der Waals surface area contributed by atoms with Crippen molar-refractivity contribution in [1.82, 2.24) is 4.31 Å². The van der Waals surface area contributed by atoms with E-state index in [0.717, 1.165) is 6.42 Å². The Morgan fingerprint density at radius 1 is 1.39 bits per heavy atom. The molecule has 1 fully saturated rings. The minimum atomic E-state index is -3.57. The number of sulfonamides is 1. The Balaban J connectivity index is 2.19. The highest BCUT2D eigenvalue weighted by atomic mass is 32.2. The van der Waals surface area contributed by atoms with E-state index in [1.807, 2.05) is 6.92 Å². The fraction of sp³-hybridized carbons (Fsp3) is 0.500. The van der Waals surface area contributed by atoms with Crippen molar-refractivity contribution >= 4 is 15.7 Å². The number of aliphatic hydroxyl groups is 1. The van der Waals surface area contributed by atoms with E-state index in [9.17, 15) is 13.5 Å². The largest absolute Gasteiger partial charge is 0.398 e. The first-order valence-electron chi connectivity index (χ1n) is 5.96. The molecule has 1 aliphatic heterocycles. The molecule has 100 valence electrons. The standard InChI is InChI=1S/C12H18N2O3S/c1-2-7-12(15)8-14(9-12)18(16,17)11-6-4-3-5-10(11)13/h3-6,15H,2,7-9,13H2,1H3. The molecule has 0 aromatic heterocycles. The van der Waals surface area contributed by atoms with Gasteiger partial charge >= 0.3 is 0 Å². The van der Waals surface area contributed by atoms with Crippen molar-refractivity contribution in [2.75, 3.05) is 18.8 Å². The molecular weight excluding hydrogens is 252 g/mol. The summed E-state index contributed by atoms with van der Waals surface area (Å²) in [4.78, 5) is 0.114. The molecule has 0 atom stereocenters. The van der Waals surface area contributed by atoms with Gasteiger partial charge in [-0.2, -0.15) is 4.31 Å². The lowest BCUT2D eigenvalue weighted by molar-refractivity contribution is -0.0653. The summed E-state index contributed by atoms with van der Waals surface area (Å²) in [5.41, 5.74) is 5.05. The predicted molar refractivity (Wildman–Crippen MR) is 69.5 cm³/mol. The van der Waals surface area contributed by atoms with Crippen molar-refractivity contribution in [3.05, 3.63) is 24.3 Å². The minimum Gasteiger partial charge on any atom is -0.398 e. The van der Waals surface area contributed by atoms with Crippen molar-refractivity contribution < 1.29 is 13.5 Å². The molecule has 0 aliphatic carbocycles. The second kappa shape index (κ2) is 4.53. The van der Waals surface area contributed by atoms with Gasteiger partial charge in [0.15, 0.2) is 0 Å². The summed E-state index contributed by atoms with van der Waals surface area (Å²) in [6, 6.07) is 6.38. The Hall–Kier alpha value is -1.11. The summed E-state index contributed by atoms with van der Waals surface area (Å²) in [6.45, 7) is 2.26. The van der Waals surface area contributed by atoms with Crippen LogP contribution in [0.1, 0.15) is 19.8 Å². The van der Waals surface area contributed by atoms with Crippen LogP contribution < -0.4 is 5.73 Å². The van der Waals surface area contributed by atoms with Crippen LogP contribution >= 0.6 is 0 Å². The zero-order valence-corrected chi connectivity index (χ0v) is 11.2. The van der Waals surface area contributed by atoms with Crippen molar-refractivity contribution in [2.45, 2.75) is 30.3 Å². The van der Waals surface area contributed by atoms with Gasteiger partial charge in [-0.25, -0.2) is 8.42 Å². The van der Waals surface area contributed by atoms with Gasteiger partial charge in [-0.1, -0.05) is 25.5 Å². The second-order valence-electron chi connectivity index (χ2n) is 4.79. The number of nitrogen functional groups attached to an aromatic ring is 1. The Labute approximate surface area is 107 Å². The average Bonchev–Trinajstić information content (AvgIpc) is 2.26. The predicted octanol–water partition coefficient (Wildman–Crippen LogP) is 0.804. The Morgan fingerprint density at radius 3 is 2.56 bits per heavy atom. The van der Waals surface area contributed by atoms with Gasteiger partial charge in [0.25, 0.3) is 0 Å². The number of para-hydroxylation sites is 1. The number of benzene rings is 1. The first-order chi connectivity index (χ1) is 8.39. The number of hydrogen-bond donors (Lipinski definition) is 2. The third-order valence-electron chi connectivity index (χ3n) is 3.19. The van der Waals surface area contributed by atoms with Gasteiger partial charge in [-0.05, 0) is 18.6 Å². The molecule has 1 saturated heterocycles. The van der Waals surface area contributed by atoms with Gasteiger partial charge < -0.3 is 10.8 Å². The van der Waals surface area contributed by atoms with Gasteiger partial charge in [-0.15, -0.1) is 0 Å². The van der Waals surface area contributed by atoms with Crippen LogP contribution in [0.2, 0.25) is 0 Å². The van der Waals surface area contributed by atoms with Crippen molar-refractivity contribution in [2.24, 2.45) is 0 Å². The lowest BCUT2D eigenvalue weighted by Gasteiger charge is -2.45. The quantitative estimate of drug-likeness (QED) is 0.793. The molecule has 1 aliphatic rings. The number of anilines is 1. The third kappa shape index (κ3) is 2.23. The van der Waals surface area contributed by atoms with Crippen LogP contribution in [0.3, 0.4) is 0 Å². The fourth-order valence-corrected chi connectivity index (χ4v) is 3.97. The van der Waals surface area contributed by atoms with Gasteiger partial charge in [-0.3, -0.25) is 0 Å². The molecular formula is C12H18N2O3S. The molecule has 0 amide bonds. The van der Waals surface area contributed by atoms with Crippen LogP contribution in [-0.2, 0) is 10.0 Å². The van der Waals surface area contributed by atoms with E-state index in [1.165, 1.54) is 10.4 Å². The van der Waals surface area contributed by atoms with E-state index in [-0.39, 0.29) is 23.7 Å². The van der Waals surface area contributed by atoms with Crippen LogP contribution in [0, 0.1) is 0 Å². The van der Waals surface area contributed by atoms with Crippen LogP contribution in [0.4, 0.5) is 5.69 Å². The summed E-state index contributed by atoms with van der Waals surface area (Å²) in [6.07, 6.45) is 1.45. The van der Waals surface area contributed by atoms with E-state index in [0.29, 0.717) is 6.42 Å². The zero-order chi connectivity index (χ0) is 13.4. The first kappa shape index (κ1) is 13.3. The molecule has 0 spiro atoms. The van der Waals surface area contributed by atoms with E-state index < -0.39 is 15.6 Å². The fourth-order valence-electron chi connectivity index (χ4n) is 2.26. The van der Waals surface area contributed by atoms with Crippen LogP contribution in [0.25, 0.3) is 0 Å². The van der Waals surface area contributed by atoms with Crippen LogP contribution in [0.15, 0.2) is 29.2 Å². The molecule has 1 heterocycles. The summed E-state index contributed by atoms with van der Waals surface area (Å²) in [7, 11) is -3.57. The molecule has 2 rings (SSSR count). The Kier molecular flexibility index (Phi) is 3.35. The molecule has 0 bridgehead atoms. The minimum absolute atomic E-state index is 0.114. The maximum absolute atomic E-state index is 12.3. The molecule has 18 heavy (non-hydrogen) atoms. The zero-order valence-electron chi connectivity index (χ0n) is 10.3. The third-order valence-corrected chi connectivity index (χ3v) is 5.06. The van der Waals surface area contributed by atoms with Crippen molar-refractivity contribution in [1.29, 1.82) is 0 Å². The van der Waals surface area contributed by atoms with E-state index >= 15 is 0 Å². The molecule has 0 unspecified atom stereocenters. The molecule has 1 aromatic carbocycles. The summed E-state index contributed by atoms with van der Waals surface area (Å²) in [5, 5.41) is 10.0. The van der Waals surface area contributed by atoms with E-state index in [2.05, 4.69) is 0 Å². The highest BCUT2D eigenvalue weighted by Gasteiger charge is 2.46. The molecule has 3 N–H and O–H groups in total. The maximum Gasteiger partial charge on any atom is 0.245 e. The number of rotatable bonds is 4. The van der Waals surface area contributed by atoms with Gasteiger partial charge in [0.05, 0.1) is 11.3 Å². The molecule has 0 radical (unpaired) electrons. The monoisotopic (exact) mass is 270 g/mol. The summed E-state index contributed by atoms with van der Waals surface area (Å²) in [5.74, 6) is 0. The number of β-amino-alcohol motifs (C(OH)–C–C–N with tert-alkyl or cyclic N) is 1. The first-order valence-corrected chi connectivity index (χ1v) is 7.40. The molecule has 1 aromatic rings. The average molecular weight is 270 g/mol. The Morgan fingerprint density at radius 2 is 2.00 bits per heavy atom. The van der Waals surface area contributed by atoms with E-state index in [1.54, 1.807) is 18.2 Å². The maximum atomic E-state index is 12.3. The van der Waals surface area contributed by atoms with Gasteiger partial charge in [0.1, 0.15) is 4.90 Å². The number of hydrogen-bond acceptors (Lipinski definition) is 4. The van der Waals surface area contributed by atoms with E-state index in [4.69, 9.17) is 5.73 Å². The number of nitrogens with zero attached hydrogens (tertiary/aromatic N) is 1. The lowest BCUT2D eigenvalue weighted by atomic mass is 9.92. The summed E-state index contributed by atoms with van der Waals surface area (Å²) < 4.78 is 25.8. The molecule has 6 heteroatoms. The normalized spacial score (nSPS) is 19.4. The van der Waals surface area contributed by atoms with Crippen molar-refractivity contribution in [3.63, 3.8) is 0 Å². The smallest absolute Gasteiger partial charge is 0.245 e. The SMILES string of the molecule is CCCC1(O)CN(S(=O)(=O)c2ccccc2N)C1. The summed E-state index contributed by atoms with van der Waals surface area (Å²) >= 11 is 0.